The van der Waals surface area contributed by atoms with Gasteiger partial charge in [-0.2, -0.15) is 0 Å². The zero-order valence-electron chi connectivity index (χ0n) is 6.87. The number of fused-ring (bicyclic) bond motifs is 1. The molecule has 0 radical (unpaired) electrons. The maximum atomic E-state index is 5.84. The fraction of sp³-hybridized carbons (Fsp3) is 0.375. The minimum Gasteiger partial charge on any atom is -0.477 e. The van der Waals surface area contributed by atoms with Gasteiger partial charge in [0, 0.05) is 24.2 Å². The number of hydrogen-bond donors (Lipinski definition) is 1. The Bertz CT molecular complexity index is 306. The number of nitrogens with two attached hydrogens (primary N) is 1. The summed E-state index contributed by atoms with van der Waals surface area (Å²) in [6.45, 7) is 0.642. The third kappa shape index (κ3) is 2.05. The molecule has 1 aromatic rings. The molecule has 2 heterocycles. The van der Waals surface area contributed by atoms with Crippen molar-refractivity contribution in [3.8, 4) is 5.88 Å². The molecule has 13 heavy (non-hydrogen) atoms. The van der Waals surface area contributed by atoms with Gasteiger partial charge in [-0.25, -0.2) is 4.98 Å². The van der Waals surface area contributed by atoms with Crippen LogP contribution in [-0.2, 0) is 0 Å². The smallest absolute Gasteiger partial charge is 0.218 e. The van der Waals surface area contributed by atoms with Crippen LogP contribution in [0.2, 0.25) is 5.02 Å². The van der Waals surface area contributed by atoms with Gasteiger partial charge >= 0.3 is 0 Å². The summed E-state index contributed by atoms with van der Waals surface area (Å²) in [5.41, 5.74) is 6.75. The maximum Gasteiger partial charge on any atom is 0.218 e. The number of halogens is 2. The molecule has 5 heteroatoms. The van der Waals surface area contributed by atoms with Gasteiger partial charge in [-0.1, -0.05) is 11.6 Å². The van der Waals surface area contributed by atoms with E-state index >= 15 is 0 Å². The average Bonchev–Trinajstić information content (AvgIpc) is 2.07. The second-order valence-corrected chi connectivity index (χ2v) is 3.23. The quantitative estimate of drug-likeness (QED) is 0.728. The van der Waals surface area contributed by atoms with E-state index < -0.39 is 0 Å². The summed E-state index contributed by atoms with van der Waals surface area (Å²) < 4.78 is 5.30. The van der Waals surface area contributed by atoms with Gasteiger partial charge in [0.25, 0.3) is 0 Å². The monoisotopic (exact) mass is 220 g/mol. The molecular formula is C8H10Cl2N2O. The van der Waals surface area contributed by atoms with Crippen LogP contribution < -0.4 is 10.5 Å². The van der Waals surface area contributed by atoms with Crippen molar-refractivity contribution < 1.29 is 4.74 Å². The first-order chi connectivity index (χ1) is 5.77. The van der Waals surface area contributed by atoms with Crippen molar-refractivity contribution in [2.75, 3.05) is 6.61 Å². The van der Waals surface area contributed by atoms with Crippen LogP contribution in [0.5, 0.6) is 5.88 Å². The Hall–Kier alpha value is -0.510. The molecular weight excluding hydrogens is 211 g/mol. The van der Waals surface area contributed by atoms with Gasteiger partial charge in [0.1, 0.15) is 0 Å². The third-order valence-corrected chi connectivity index (χ3v) is 2.12. The van der Waals surface area contributed by atoms with Gasteiger partial charge in [-0.15, -0.1) is 12.4 Å². The number of aromatic nitrogens is 1. The molecule has 0 fully saturated rings. The molecule has 1 aliphatic heterocycles. The SMILES string of the molecule is Cl.N[C@H]1CCOc2ncc(Cl)cc21. The van der Waals surface area contributed by atoms with Crippen LogP contribution in [0.1, 0.15) is 18.0 Å². The normalized spacial score (nSPS) is 19.7. The summed E-state index contributed by atoms with van der Waals surface area (Å²) in [7, 11) is 0. The second-order valence-electron chi connectivity index (χ2n) is 2.79. The lowest BCUT2D eigenvalue weighted by atomic mass is 10.1. The predicted octanol–water partition coefficient (Wildman–Crippen LogP) is 1.94. The summed E-state index contributed by atoms with van der Waals surface area (Å²) in [4.78, 5) is 4.04. The number of ether oxygens (including phenoxy) is 1. The first kappa shape index (κ1) is 10.6. The van der Waals surface area contributed by atoms with Crippen LogP contribution in [0.4, 0.5) is 0 Å². The van der Waals surface area contributed by atoms with E-state index in [1.807, 2.05) is 6.07 Å². The number of nitrogens with zero attached hydrogens (tertiary/aromatic N) is 1. The molecule has 1 atom stereocenters. The van der Waals surface area contributed by atoms with E-state index in [4.69, 9.17) is 22.1 Å². The molecule has 1 aromatic heterocycles. The summed E-state index contributed by atoms with van der Waals surface area (Å²) >= 11 is 5.77. The Morgan fingerprint density at radius 3 is 3.15 bits per heavy atom. The number of pyridine rings is 1. The molecule has 0 aromatic carbocycles. The second kappa shape index (κ2) is 4.13. The van der Waals surface area contributed by atoms with Gasteiger partial charge in [0.05, 0.1) is 11.6 Å². The highest BCUT2D eigenvalue weighted by Crippen LogP contribution is 2.29. The molecule has 1 aliphatic rings. The zero-order chi connectivity index (χ0) is 8.55. The largest absolute Gasteiger partial charge is 0.477 e. The van der Waals surface area contributed by atoms with Crippen LogP contribution >= 0.6 is 24.0 Å². The highest BCUT2D eigenvalue weighted by Gasteiger charge is 2.18. The van der Waals surface area contributed by atoms with Crippen LogP contribution in [-0.4, -0.2) is 11.6 Å². The molecule has 0 saturated carbocycles. The Labute approximate surface area is 87.6 Å². The van der Waals surface area contributed by atoms with Crippen LogP contribution in [0.15, 0.2) is 12.3 Å². The minimum atomic E-state index is 0. The highest BCUT2D eigenvalue weighted by atomic mass is 35.5. The van der Waals surface area contributed by atoms with Crippen LogP contribution in [0.3, 0.4) is 0 Å². The van der Waals surface area contributed by atoms with Crippen molar-refractivity contribution in [1.29, 1.82) is 0 Å². The van der Waals surface area contributed by atoms with Gasteiger partial charge in [0.2, 0.25) is 5.88 Å². The van der Waals surface area contributed by atoms with E-state index in [1.165, 1.54) is 0 Å². The standard InChI is InChI=1S/C8H9ClN2O.ClH/c9-5-3-6-7(10)1-2-12-8(6)11-4-5;/h3-4,7H,1-2,10H2;1H/t7-;/m0./s1. The molecule has 72 valence electrons. The summed E-state index contributed by atoms with van der Waals surface area (Å²) in [5.74, 6) is 0.623. The van der Waals surface area contributed by atoms with Crippen molar-refractivity contribution in [3.63, 3.8) is 0 Å². The first-order valence-electron chi connectivity index (χ1n) is 3.81. The Morgan fingerprint density at radius 2 is 2.38 bits per heavy atom. The molecule has 0 amide bonds. The van der Waals surface area contributed by atoms with Gasteiger partial charge in [-0.05, 0) is 6.07 Å². The molecule has 2 rings (SSSR count). The summed E-state index contributed by atoms with van der Waals surface area (Å²) in [6, 6.07) is 1.83. The summed E-state index contributed by atoms with van der Waals surface area (Å²) in [6.07, 6.45) is 2.40. The van der Waals surface area contributed by atoms with E-state index in [9.17, 15) is 0 Å². The minimum absolute atomic E-state index is 0. The van der Waals surface area contributed by atoms with Crippen molar-refractivity contribution in [2.45, 2.75) is 12.5 Å². The molecule has 0 unspecified atom stereocenters. The number of rotatable bonds is 0. The van der Waals surface area contributed by atoms with E-state index in [1.54, 1.807) is 6.20 Å². The molecule has 0 aliphatic carbocycles. The fourth-order valence-electron chi connectivity index (χ4n) is 1.27. The fourth-order valence-corrected chi connectivity index (χ4v) is 1.43. The van der Waals surface area contributed by atoms with Crippen LogP contribution in [0, 0.1) is 0 Å². The predicted molar refractivity (Wildman–Crippen MR) is 53.5 cm³/mol. The van der Waals surface area contributed by atoms with Crippen molar-refractivity contribution in [2.24, 2.45) is 5.73 Å². The molecule has 0 bridgehead atoms. The Morgan fingerprint density at radius 1 is 1.62 bits per heavy atom. The Balaban J connectivity index is 0.000000845. The van der Waals surface area contributed by atoms with Crippen LogP contribution in [0.25, 0.3) is 0 Å². The van der Waals surface area contributed by atoms with Gasteiger partial charge in [0.15, 0.2) is 0 Å². The van der Waals surface area contributed by atoms with E-state index in [2.05, 4.69) is 4.98 Å². The molecule has 0 saturated heterocycles. The topological polar surface area (TPSA) is 48.1 Å². The molecule has 3 nitrogen and oxygen atoms in total. The number of hydrogen-bond acceptors (Lipinski definition) is 3. The van der Waals surface area contributed by atoms with Crippen molar-refractivity contribution in [1.82, 2.24) is 4.98 Å². The van der Waals surface area contributed by atoms with Crippen molar-refractivity contribution >= 4 is 24.0 Å². The van der Waals surface area contributed by atoms with E-state index in [-0.39, 0.29) is 18.4 Å². The lowest BCUT2D eigenvalue weighted by Gasteiger charge is -2.21. The lowest BCUT2D eigenvalue weighted by Crippen LogP contribution is -2.21. The summed E-state index contributed by atoms with van der Waals surface area (Å²) in [5, 5.41) is 0.606. The van der Waals surface area contributed by atoms with Gasteiger partial charge < -0.3 is 10.5 Å². The first-order valence-corrected chi connectivity index (χ1v) is 4.19. The maximum absolute atomic E-state index is 5.84. The van der Waals surface area contributed by atoms with E-state index in [0.717, 1.165) is 12.0 Å². The highest BCUT2D eigenvalue weighted by molar-refractivity contribution is 6.30. The Kier molecular flexibility index (Phi) is 3.36. The van der Waals surface area contributed by atoms with Crippen molar-refractivity contribution in [3.05, 3.63) is 22.8 Å². The molecule has 0 spiro atoms. The van der Waals surface area contributed by atoms with Gasteiger partial charge in [-0.3, -0.25) is 0 Å². The zero-order valence-corrected chi connectivity index (χ0v) is 8.44. The third-order valence-electron chi connectivity index (χ3n) is 1.91. The van der Waals surface area contributed by atoms with E-state index in [0.29, 0.717) is 17.5 Å². The molecule has 2 N–H and O–H groups in total. The lowest BCUT2D eigenvalue weighted by molar-refractivity contribution is 0.258. The average molecular weight is 221 g/mol.